The summed E-state index contributed by atoms with van der Waals surface area (Å²) in [7, 11) is 0. The molecule has 2 N–H and O–H groups in total. The second-order valence-corrected chi connectivity index (χ2v) is 4.89. The minimum absolute atomic E-state index is 0.00320. The van der Waals surface area contributed by atoms with E-state index in [0.717, 1.165) is 38.1 Å². The van der Waals surface area contributed by atoms with E-state index in [1.165, 1.54) is 6.07 Å². The number of anilines is 1. The van der Waals surface area contributed by atoms with Crippen LogP contribution in [-0.4, -0.2) is 36.6 Å². The van der Waals surface area contributed by atoms with Gasteiger partial charge in [0.15, 0.2) is 0 Å². The van der Waals surface area contributed by atoms with Gasteiger partial charge in [0.1, 0.15) is 11.6 Å². The van der Waals surface area contributed by atoms with Crippen molar-refractivity contribution < 1.29 is 13.6 Å². The highest BCUT2D eigenvalue weighted by Gasteiger charge is 2.26. The van der Waals surface area contributed by atoms with Crippen molar-refractivity contribution in [1.29, 1.82) is 0 Å². The number of hydrogen-bond donors (Lipinski definition) is 2. The van der Waals surface area contributed by atoms with Gasteiger partial charge in [-0.3, -0.25) is 0 Å². The minimum Gasteiger partial charge on any atom is -0.320 e. The van der Waals surface area contributed by atoms with Gasteiger partial charge in [-0.2, -0.15) is 0 Å². The monoisotopic (exact) mass is 283 g/mol. The maximum absolute atomic E-state index is 13.6. The number of carbonyl (C=O) groups excluding carboxylic acids is 1. The molecule has 1 fully saturated rings. The average molecular weight is 283 g/mol. The van der Waals surface area contributed by atoms with Gasteiger partial charge in [0.2, 0.25) is 0 Å². The van der Waals surface area contributed by atoms with Crippen LogP contribution in [0.25, 0.3) is 0 Å². The second-order valence-electron chi connectivity index (χ2n) is 4.89. The lowest BCUT2D eigenvalue weighted by Crippen LogP contribution is -2.44. The third-order valence-corrected chi connectivity index (χ3v) is 3.37. The first-order chi connectivity index (χ1) is 9.61. The zero-order valence-corrected chi connectivity index (χ0v) is 11.5. The molecule has 1 aliphatic rings. The molecule has 2 rings (SSSR count). The maximum atomic E-state index is 13.6. The number of carbonyl (C=O) groups is 1. The van der Waals surface area contributed by atoms with E-state index in [9.17, 15) is 13.6 Å². The number of hydrogen-bond acceptors (Lipinski definition) is 2. The number of halogens is 2. The van der Waals surface area contributed by atoms with Gasteiger partial charge in [-0.25, -0.2) is 13.6 Å². The van der Waals surface area contributed by atoms with Crippen LogP contribution in [0.4, 0.5) is 19.3 Å². The Morgan fingerprint density at radius 1 is 1.50 bits per heavy atom. The largest absolute Gasteiger partial charge is 0.322 e. The van der Waals surface area contributed by atoms with Crippen molar-refractivity contribution in [1.82, 2.24) is 10.2 Å². The lowest BCUT2D eigenvalue weighted by molar-refractivity contribution is 0.192. The Balaban J connectivity index is 2.07. The lowest BCUT2D eigenvalue weighted by atomic mass is 10.2. The summed E-state index contributed by atoms with van der Waals surface area (Å²) >= 11 is 0. The van der Waals surface area contributed by atoms with Gasteiger partial charge >= 0.3 is 6.03 Å². The van der Waals surface area contributed by atoms with Crippen molar-refractivity contribution in [3.05, 3.63) is 29.8 Å². The van der Waals surface area contributed by atoms with Crippen LogP contribution >= 0.6 is 0 Å². The molecule has 0 aliphatic carbocycles. The highest BCUT2D eigenvalue weighted by atomic mass is 19.1. The Kier molecular flexibility index (Phi) is 4.89. The van der Waals surface area contributed by atoms with Gasteiger partial charge in [0.25, 0.3) is 0 Å². The van der Waals surface area contributed by atoms with Crippen molar-refractivity contribution in [2.24, 2.45) is 0 Å². The lowest BCUT2D eigenvalue weighted by Gasteiger charge is -2.28. The fraction of sp³-hybridized carbons (Fsp3) is 0.500. The fourth-order valence-corrected chi connectivity index (χ4v) is 2.37. The van der Waals surface area contributed by atoms with Gasteiger partial charge in [-0.05, 0) is 31.5 Å². The van der Waals surface area contributed by atoms with Crippen LogP contribution in [-0.2, 0) is 0 Å². The van der Waals surface area contributed by atoms with Gasteiger partial charge < -0.3 is 15.5 Å². The second kappa shape index (κ2) is 6.65. The summed E-state index contributed by atoms with van der Waals surface area (Å²) in [6, 6.07) is 2.90. The molecule has 1 unspecified atom stereocenters. The zero-order chi connectivity index (χ0) is 14.5. The quantitative estimate of drug-likeness (QED) is 0.892. The van der Waals surface area contributed by atoms with E-state index < -0.39 is 11.6 Å². The first-order valence-corrected chi connectivity index (χ1v) is 6.85. The molecular formula is C14H19F2N3O. The number of benzene rings is 1. The van der Waals surface area contributed by atoms with E-state index in [0.29, 0.717) is 6.54 Å². The predicted molar refractivity (Wildman–Crippen MR) is 73.6 cm³/mol. The number of nitrogens with one attached hydrogen (secondary N) is 2. The number of amides is 2. The average Bonchev–Trinajstić information content (AvgIpc) is 2.92. The number of nitrogens with zero attached hydrogens (tertiary/aromatic N) is 1. The van der Waals surface area contributed by atoms with Gasteiger partial charge in [0, 0.05) is 25.2 Å². The van der Waals surface area contributed by atoms with Crippen LogP contribution in [0.3, 0.4) is 0 Å². The van der Waals surface area contributed by atoms with Gasteiger partial charge in [0.05, 0.1) is 5.69 Å². The van der Waals surface area contributed by atoms with Gasteiger partial charge in [-0.15, -0.1) is 0 Å². The van der Waals surface area contributed by atoms with Crippen LogP contribution in [0.1, 0.15) is 19.8 Å². The molecule has 1 aliphatic heterocycles. The summed E-state index contributed by atoms with van der Waals surface area (Å²) in [4.78, 5) is 14.0. The molecule has 0 bridgehead atoms. The highest BCUT2D eigenvalue weighted by molar-refractivity contribution is 5.89. The molecule has 0 aromatic heterocycles. The molecule has 20 heavy (non-hydrogen) atoms. The summed E-state index contributed by atoms with van der Waals surface area (Å²) < 4.78 is 26.4. The van der Waals surface area contributed by atoms with Crippen molar-refractivity contribution in [3.8, 4) is 0 Å². The maximum Gasteiger partial charge on any atom is 0.322 e. The third-order valence-electron chi connectivity index (χ3n) is 3.37. The Labute approximate surface area is 117 Å². The molecular weight excluding hydrogens is 264 g/mol. The molecule has 6 heteroatoms. The molecule has 0 saturated carbocycles. The molecule has 0 spiro atoms. The standard InChI is InChI=1S/C14H19F2N3O/c1-2-7-19(11-5-6-17-9-11)14(20)18-13-4-3-10(15)8-12(13)16/h3-4,8,11,17H,2,5-7,9H2,1H3,(H,18,20). The van der Waals surface area contributed by atoms with Gasteiger partial charge in [-0.1, -0.05) is 6.92 Å². The summed E-state index contributed by atoms with van der Waals surface area (Å²) in [5, 5.41) is 5.72. The highest BCUT2D eigenvalue weighted by Crippen LogP contribution is 2.17. The first-order valence-electron chi connectivity index (χ1n) is 6.85. The zero-order valence-electron chi connectivity index (χ0n) is 11.5. The fourth-order valence-electron chi connectivity index (χ4n) is 2.37. The molecule has 1 saturated heterocycles. The third kappa shape index (κ3) is 3.45. The van der Waals surface area contributed by atoms with Crippen LogP contribution in [0, 0.1) is 11.6 Å². The molecule has 1 aromatic rings. The summed E-state index contributed by atoms with van der Waals surface area (Å²) in [5.74, 6) is -1.43. The molecule has 110 valence electrons. The number of rotatable bonds is 4. The van der Waals surface area contributed by atoms with Crippen molar-refractivity contribution in [2.75, 3.05) is 25.0 Å². The summed E-state index contributed by atoms with van der Waals surface area (Å²) in [6.45, 7) is 4.23. The van der Waals surface area contributed by atoms with Crippen LogP contribution < -0.4 is 10.6 Å². The van der Waals surface area contributed by atoms with E-state index in [1.54, 1.807) is 4.90 Å². The van der Waals surface area contributed by atoms with Crippen molar-refractivity contribution >= 4 is 11.7 Å². The van der Waals surface area contributed by atoms with E-state index in [2.05, 4.69) is 10.6 Å². The Hall–Kier alpha value is -1.69. The van der Waals surface area contributed by atoms with Crippen LogP contribution in [0.5, 0.6) is 0 Å². The van der Waals surface area contributed by atoms with Crippen molar-refractivity contribution in [2.45, 2.75) is 25.8 Å². The van der Waals surface area contributed by atoms with E-state index in [4.69, 9.17) is 0 Å². The molecule has 0 radical (unpaired) electrons. The molecule has 2 amide bonds. The first kappa shape index (κ1) is 14.7. The van der Waals surface area contributed by atoms with E-state index in [1.807, 2.05) is 6.92 Å². The van der Waals surface area contributed by atoms with Crippen LogP contribution in [0.2, 0.25) is 0 Å². The topological polar surface area (TPSA) is 44.4 Å². The Morgan fingerprint density at radius 2 is 2.30 bits per heavy atom. The Morgan fingerprint density at radius 3 is 2.90 bits per heavy atom. The Bertz CT molecular complexity index is 475. The number of urea groups is 1. The predicted octanol–water partition coefficient (Wildman–Crippen LogP) is 2.57. The summed E-state index contributed by atoms with van der Waals surface area (Å²) in [5.41, 5.74) is 0.00320. The normalized spacial score (nSPS) is 18.1. The van der Waals surface area contributed by atoms with Crippen LogP contribution in [0.15, 0.2) is 18.2 Å². The molecule has 1 atom stereocenters. The van der Waals surface area contributed by atoms with E-state index >= 15 is 0 Å². The molecule has 1 heterocycles. The molecule has 4 nitrogen and oxygen atoms in total. The van der Waals surface area contributed by atoms with E-state index in [-0.39, 0.29) is 17.8 Å². The molecule has 1 aromatic carbocycles. The minimum atomic E-state index is -0.764. The SMILES string of the molecule is CCCN(C(=O)Nc1ccc(F)cc1F)C1CCNC1. The smallest absolute Gasteiger partial charge is 0.320 e. The summed E-state index contributed by atoms with van der Waals surface area (Å²) in [6.07, 6.45) is 1.72. The van der Waals surface area contributed by atoms with Crippen molar-refractivity contribution in [3.63, 3.8) is 0 Å².